The molecule has 1 rings (SSSR count). The lowest BCUT2D eigenvalue weighted by atomic mass is 10.1. The van der Waals surface area contributed by atoms with Gasteiger partial charge < -0.3 is 0 Å². The quantitative estimate of drug-likeness (QED) is 0.470. The summed E-state index contributed by atoms with van der Waals surface area (Å²) in [5, 5.41) is 0. The number of ketones is 1. The first-order chi connectivity index (χ1) is 8.74. The molecule has 0 heterocycles. The molecule has 0 unspecified atom stereocenters. The summed E-state index contributed by atoms with van der Waals surface area (Å²) in [4.78, 5) is 12.2. The van der Waals surface area contributed by atoms with Gasteiger partial charge in [-0.2, -0.15) is 0 Å². The second kappa shape index (κ2) is 9.15. The Kier molecular flexibility index (Phi) is 7.74. The molecular formula is C15H21FOS. The zero-order chi connectivity index (χ0) is 13.2. The Hall–Kier alpha value is -0.830. The van der Waals surface area contributed by atoms with E-state index >= 15 is 0 Å². The molecular weight excluding hydrogens is 247 g/mol. The van der Waals surface area contributed by atoms with E-state index in [2.05, 4.69) is 6.92 Å². The lowest BCUT2D eigenvalue weighted by molar-refractivity contribution is -0.116. The highest BCUT2D eigenvalue weighted by Gasteiger charge is 2.06. The third kappa shape index (κ3) is 6.20. The number of carbonyl (C=O) groups excluding carboxylic acids is 1. The highest BCUT2D eigenvalue weighted by molar-refractivity contribution is 8.00. The molecule has 0 fully saturated rings. The Labute approximate surface area is 113 Å². The zero-order valence-corrected chi connectivity index (χ0v) is 11.8. The number of thioether (sulfide) groups is 1. The molecule has 1 aromatic carbocycles. The van der Waals surface area contributed by atoms with Gasteiger partial charge in [-0.15, -0.1) is 11.8 Å². The van der Waals surface area contributed by atoms with Gasteiger partial charge in [-0.25, -0.2) is 4.39 Å². The predicted octanol–water partition coefficient (Wildman–Crippen LogP) is 4.85. The first-order valence-corrected chi connectivity index (χ1v) is 7.61. The fraction of sp³-hybridized carbons (Fsp3) is 0.533. The van der Waals surface area contributed by atoms with Crippen molar-refractivity contribution in [2.24, 2.45) is 0 Å². The van der Waals surface area contributed by atoms with E-state index in [9.17, 15) is 9.18 Å². The van der Waals surface area contributed by atoms with E-state index in [4.69, 9.17) is 0 Å². The van der Waals surface area contributed by atoms with E-state index in [0.29, 0.717) is 17.1 Å². The van der Waals surface area contributed by atoms with Crippen LogP contribution < -0.4 is 0 Å². The molecule has 0 aromatic heterocycles. The van der Waals surface area contributed by atoms with E-state index in [1.54, 1.807) is 18.2 Å². The normalized spacial score (nSPS) is 10.6. The number of halogens is 1. The summed E-state index contributed by atoms with van der Waals surface area (Å²) in [7, 11) is 0. The zero-order valence-electron chi connectivity index (χ0n) is 11.0. The lowest BCUT2D eigenvalue weighted by Crippen LogP contribution is -2.01. The number of Topliss-reactive ketones (excluding diaryl/α,β-unsaturated/α-hetero) is 1. The summed E-state index contributed by atoms with van der Waals surface area (Å²) < 4.78 is 13.3. The Balaban J connectivity index is 2.15. The van der Waals surface area contributed by atoms with Gasteiger partial charge in [-0.1, -0.05) is 44.7 Å². The van der Waals surface area contributed by atoms with Crippen LogP contribution in [-0.4, -0.2) is 11.5 Å². The minimum absolute atomic E-state index is 0.222. The largest absolute Gasteiger partial charge is 0.299 e. The van der Waals surface area contributed by atoms with Crippen molar-refractivity contribution < 1.29 is 9.18 Å². The first-order valence-electron chi connectivity index (χ1n) is 6.63. The summed E-state index contributed by atoms with van der Waals surface area (Å²) in [6, 6.07) is 6.60. The van der Waals surface area contributed by atoms with E-state index < -0.39 is 0 Å². The predicted molar refractivity (Wildman–Crippen MR) is 75.5 cm³/mol. The third-order valence-electron chi connectivity index (χ3n) is 2.78. The number of hydrogen-bond acceptors (Lipinski definition) is 2. The fourth-order valence-electron chi connectivity index (χ4n) is 1.72. The molecule has 0 bridgehead atoms. The molecule has 100 valence electrons. The first kappa shape index (κ1) is 15.2. The smallest absolute Gasteiger partial charge is 0.143 e. The molecule has 0 saturated heterocycles. The Bertz CT molecular complexity index is 365. The van der Waals surface area contributed by atoms with Crippen molar-refractivity contribution in [3.05, 3.63) is 30.1 Å². The van der Waals surface area contributed by atoms with Crippen molar-refractivity contribution in [1.29, 1.82) is 0 Å². The van der Waals surface area contributed by atoms with Gasteiger partial charge in [0.2, 0.25) is 0 Å². The van der Waals surface area contributed by atoms with Gasteiger partial charge in [0, 0.05) is 11.3 Å². The number of rotatable bonds is 9. The van der Waals surface area contributed by atoms with Crippen LogP contribution in [0.25, 0.3) is 0 Å². The van der Waals surface area contributed by atoms with Crippen LogP contribution >= 0.6 is 11.8 Å². The van der Waals surface area contributed by atoms with Crippen molar-refractivity contribution in [3.8, 4) is 0 Å². The summed E-state index contributed by atoms with van der Waals surface area (Å²) >= 11 is 1.30. The van der Waals surface area contributed by atoms with Gasteiger partial charge in [-0.3, -0.25) is 4.79 Å². The number of unbranched alkanes of at least 4 members (excludes halogenated alkanes) is 4. The molecule has 0 radical (unpaired) electrons. The molecule has 0 aliphatic rings. The van der Waals surface area contributed by atoms with E-state index in [-0.39, 0.29) is 11.6 Å². The second-order valence-corrected chi connectivity index (χ2v) is 5.44. The second-order valence-electron chi connectivity index (χ2n) is 4.42. The summed E-state index contributed by atoms with van der Waals surface area (Å²) in [6.07, 6.45) is 6.41. The average molecular weight is 268 g/mol. The minimum atomic E-state index is -0.238. The standard InChI is InChI=1S/C15H21FOS/c1-2-3-4-5-6-9-13(17)12-18-15-11-8-7-10-14(15)16/h7-8,10-11H,2-6,9,12H2,1H3. The molecule has 0 amide bonds. The monoisotopic (exact) mass is 268 g/mol. The maximum absolute atomic E-state index is 13.3. The number of carbonyl (C=O) groups is 1. The van der Waals surface area contributed by atoms with Crippen LogP contribution in [0.15, 0.2) is 29.2 Å². The molecule has 1 aromatic rings. The van der Waals surface area contributed by atoms with Crippen LogP contribution in [0.5, 0.6) is 0 Å². The van der Waals surface area contributed by atoms with Crippen LogP contribution in [0.3, 0.4) is 0 Å². The van der Waals surface area contributed by atoms with Crippen LogP contribution in [0.4, 0.5) is 4.39 Å². The Morgan fingerprint density at radius 1 is 1.17 bits per heavy atom. The van der Waals surface area contributed by atoms with Gasteiger partial charge in [-0.05, 0) is 18.6 Å². The highest BCUT2D eigenvalue weighted by Crippen LogP contribution is 2.21. The number of benzene rings is 1. The van der Waals surface area contributed by atoms with Crippen molar-refractivity contribution >= 4 is 17.5 Å². The molecule has 0 aliphatic carbocycles. The Morgan fingerprint density at radius 3 is 2.61 bits per heavy atom. The average Bonchev–Trinajstić information content (AvgIpc) is 2.37. The molecule has 1 nitrogen and oxygen atoms in total. The molecule has 0 aliphatic heterocycles. The summed E-state index contributed by atoms with van der Waals surface area (Å²) in [5.41, 5.74) is 0. The van der Waals surface area contributed by atoms with Crippen molar-refractivity contribution in [3.63, 3.8) is 0 Å². The van der Waals surface area contributed by atoms with Gasteiger partial charge >= 0.3 is 0 Å². The van der Waals surface area contributed by atoms with Crippen LogP contribution in [0.1, 0.15) is 45.4 Å². The molecule has 0 spiro atoms. The maximum Gasteiger partial charge on any atom is 0.143 e. The van der Waals surface area contributed by atoms with E-state index in [1.807, 2.05) is 0 Å². The Morgan fingerprint density at radius 2 is 1.89 bits per heavy atom. The fourth-order valence-corrected chi connectivity index (χ4v) is 2.56. The molecule has 0 saturated carbocycles. The van der Waals surface area contributed by atoms with Crippen molar-refractivity contribution in [1.82, 2.24) is 0 Å². The molecule has 3 heteroatoms. The summed E-state index contributed by atoms with van der Waals surface area (Å²) in [6.45, 7) is 2.18. The summed E-state index contributed by atoms with van der Waals surface area (Å²) in [5.74, 6) is 0.368. The van der Waals surface area contributed by atoms with Crippen LogP contribution in [0, 0.1) is 5.82 Å². The minimum Gasteiger partial charge on any atom is -0.299 e. The van der Waals surface area contributed by atoms with Gasteiger partial charge in [0.25, 0.3) is 0 Å². The van der Waals surface area contributed by atoms with E-state index in [1.165, 1.54) is 37.1 Å². The van der Waals surface area contributed by atoms with E-state index in [0.717, 1.165) is 12.8 Å². The molecule has 0 atom stereocenters. The van der Waals surface area contributed by atoms with Crippen molar-refractivity contribution in [2.45, 2.75) is 50.3 Å². The van der Waals surface area contributed by atoms with Crippen molar-refractivity contribution in [2.75, 3.05) is 5.75 Å². The van der Waals surface area contributed by atoms with Crippen LogP contribution in [-0.2, 0) is 4.79 Å². The molecule has 0 N–H and O–H groups in total. The molecule has 18 heavy (non-hydrogen) atoms. The van der Waals surface area contributed by atoms with Crippen LogP contribution in [0.2, 0.25) is 0 Å². The van der Waals surface area contributed by atoms with Gasteiger partial charge in [0.05, 0.1) is 5.75 Å². The number of hydrogen-bond donors (Lipinski definition) is 0. The van der Waals surface area contributed by atoms with Gasteiger partial charge in [0.15, 0.2) is 0 Å². The SMILES string of the molecule is CCCCCCCC(=O)CSc1ccccc1F. The lowest BCUT2D eigenvalue weighted by Gasteiger charge is -2.03. The highest BCUT2D eigenvalue weighted by atomic mass is 32.2. The topological polar surface area (TPSA) is 17.1 Å². The van der Waals surface area contributed by atoms with Gasteiger partial charge in [0.1, 0.15) is 11.6 Å². The maximum atomic E-state index is 13.3. The third-order valence-corrected chi connectivity index (χ3v) is 3.89.